The smallest absolute Gasteiger partial charge is 0.406 e. The van der Waals surface area contributed by atoms with E-state index < -0.39 is 6.36 Å². The van der Waals surface area contributed by atoms with Crippen LogP contribution in [0.4, 0.5) is 24.5 Å². The molecule has 1 heterocycles. The Kier molecular flexibility index (Phi) is 8.04. The van der Waals surface area contributed by atoms with Gasteiger partial charge in [0.05, 0.1) is 5.69 Å². The summed E-state index contributed by atoms with van der Waals surface area (Å²) >= 11 is 7.28. The fourth-order valence-electron chi connectivity index (χ4n) is 4.00. The van der Waals surface area contributed by atoms with Crippen LogP contribution in [0, 0.1) is 0 Å². The summed E-state index contributed by atoms with van der Waals surface area (Å²) in [6.07, 6.45) is -1.20. The summed E-state index contributed by atoms with van der Waals surface area (Å²) in [5.74, 6) is 0.157. The Morgan fingerprint density at radius 2 is 1.52 bits per heavy atom. The molecule has 5 aromatic rings. The van der Waals surface area contributed by atoms with Crippen LogP contribution in [0.5, 0.6) is 5.75 Å². The Balaban J connectivity index is 1.25. The van der Waals surface area contributed by atoms with Crippen molar-refractivity contribution in [2.75, 3.05) is 16.9 Å². The average Bonchev–Trinajstić information content (AvgIpc) is 3.44. The van der Waals surface area contributed by atoms with Gasteiger partial charge in [-0.1, -0.05) is 36.4 Å². The Morgan fingerprint density at radius 3 is 2.23 bits per heavy atom. The van der Waals surface area contributed by atoms with Crippen molar-refractivity contribution in [1.29, 1.82) is 0 Å². The summed E-state index contributed by atoms with van der Waals surface area (Å²) in [5, 5.41) is 11.4. The molecule has 0 aliphatic carbocycles. The number of hydrogen-bond donors (Lipinski definition) is 2. The molecule has 5 rings (SSSR count). The van der Waals surface area contributed by atoms with Gasteiger partial charge in [-0.05, 0) is 84.7 Å². The van der Waals surface area contributed by atoms with Gasteiger partial charge in [0.15, 0.2) is 10.9 Å². The lowest BCUT2D eigenvalue weighted by Crippen LogP contribution is -2.19. The highest BCUT2D eigenvalue weighted by atomic mass is 32.2. The lowest BCUT2D eigenvalue weighted by Gasteiger charge is -2.16. The van der Waals surface area contributed by atoms with Crippen molar-refractivity contribution >= 4 is 40.5 Å². The minimum atomic E-state index is -4.74. The van der Waals surface area contributed by atoms with Crippen LogP contribution in [-0.2, 0) is 0 Å². The summed E-state index contributed by atoms with van der Waals surface area (Å²) in [6, 6.07) is 29.1. The molecule has 4 aromatic carbocycles. The van der Waals surface area contributed by atoms with E-state index in [1.807, 2.05) is 54.6 Å². The molecule has 0 spiro atoms. The molecule has 11 heteroatoms. The molecule has 40 heavy (non-hydrogen) atoms. The SMILES string of the molecule is CSc1ccccc1-c1ccccc1NC(=S)Nc1ccc(-c2ncn(-c3ccc(OC(F)(F)F)cc3)n2)cc1. The summed E-state index contributed by atoms with van der Waals surface area (Å²) in [7, 11) is 0. The first kappa shape index (κ1) is 27.2. The first-order valence-electron chi connectivity index (χ1n) is 12.0. The highest BCUT2D eigenvalue weighted by molar-refractivity contribution is 7.98. The zero-order valence-corrected chi connectivity index (χ0v) is 22.6. The van der Waals surface area contributed by atoms with Crippen LogP contribution in [0.1, 0.15) is 0 Å². The van der Waals surface area contributed by atoms with Crippen LogP contribution < -0.4 is 15.4 Å². The van der Waals surface area contributed by atoms with Gasteiger partial charge >= 0.3 is 6.36 Å². The fraction of sp³-hybridized carbons (Fsp3) is 0.0690. The minimum Gasteiger partial charge on any atom is -0.406 e. The maximum atomic E-state index is 12.4. The topological polar surface area (TPSA) is 64.0 Å². The van der Waals surface area contributed by atoms with Crippen LogP contribution in [0.3, 0.4) is 0 Å². The van der Waals surface area contributed by atoms with E-state index in [2.05, 4.69) is 49.9 Å². The normalized spacial score (nSPS) is 11.2. The molecule has 0 aliphatic rings. The summed E-state index contributed by atoms with van der Waals surface area (Å²) in [6.45, 7) is 0. The van der Waals surface area contributed by atoms with E-state index in [-0.39, 0.29) is 5.75 Å². The number of rotatable bonds is 7. The van der Waals surface area contributed by atoms with Crippen molar-refractivity contribution in [3.8, 4) is 34.0 Å². The molecule has 6 nitrogen and oxygen atoms in total. The third-order valence-electron chi connectivity index (χ3n) is 5.80. The molecule has 0 saturated carbocycles. The second-order valence-electron chi connectivity index (χ2n) is 8.46. The number of thioether (sulfide) groups is 1. The van der Waals surface area contributed by atoms with Gasteiger partial charge in [0, 0.05) is 27.4 Å². The van der Waals surface area contributed by atoms with E-state index in [4.69, 9.17) is 12.2 Å². The lowest BCUT2D eigenvalue weighted by molar-refractivity contribution is -0.274. The van der Waals surface area contributed by atoms with Crippen molar-refractivity contribution in [2.45, 2.75) is 11.3 Å². The molecule has 0 unspecified atom stereocenters. The molecule has 2 N–H and O–H groups in total. The number of nitrogens with one attached hydrogen (secondary N) is 2. The average molecular weight is 578 g/mol. The van der Waals surface area contributed by atoms with E-state index in [1.54, 1.807) is 11.8 Å². The molecule has 0 bridgehead atoms. The molecule has 0 saturated heterocycles. The van der Waals surface area contributed by atoms with Gasteiger partial charge in [0.25, 0.3) is 0 Å². The molecule has 202 valence electrons. The number of alkyl halides is 3. The van der Waals surface area contributed by atoms with Gasteiger partial charge in [0.1, 0.15) is 12.1 Å². The number of para-hydroxylation sites is 1. The molecule has 0 fully saturated rings. The number of anilines is 2. The molecule has 0 amide bonds. The van der Waals surface area contributed by atoms with Crippen LogP contribution in [0.15, 0.2) is 108 Å². The third-order valence-corrected chi connectivity index (χ3v) is 6.80. The Bertz CT molecular complexity index is 1620. The van der Waals surface area contributed by atoms with Gasteiger partial charge in [-0.2, -0.15) is 0 Å². The van der Waals surface area contributed by atoms with E-state index in [9.17, 15) is 13.2 Å². The molecule has 0 radical (unpaired) electrons. The molecule has 0 atom stereocenters. The zero-order chi connectivity index (χ0) is 28.1. The van der Waals surface area contributed by atoms with Crippen molar-refractivity contribution < 1.29 is 17.9 Å². The quantitative estimate of drug-likeness (QED) is 0.150. The number of nitrogens with zero attached hydrogens (tertiary/aromatic N) is 3. The number of aromatic nitrogens is 3. The predicted octanol–water partition coefficient (Wildman–Crippen LogP) is 8.03. The number of thiocarbonyl (C=S) groups is 1. The largest absolute Gasteiger partial charge is 0.573 e. The van der Waals surface area contributed by atoms with Crippen molar-refractivity contribution in [3.63, 3.8) is 0 Å². The maximum absolute atomic E-state index is 12.4. The van der Waals surface area contributed by atoms with Crippen molar-refractivity contribution in [2.24, 2.45) is 0 Å². The Morgan fingerprint density at radius 1 is 0.850 bits per heavy atom. The first-order chi connectivity index (χ1) is 19.3. The number of hydrogen-bond acceptors (Lipinski definition) is 5. The molecule has 1 aromatic heterocycles. The van der Waals surface area contributed by atoms with Gasteiger partial charge < -0.3 is 15.4 Å². The van der Waals surface area contributed by atoms with Gasteiger partial charge in [-0.15, -0.1) is 30.0 Å². The van der Waals surface area contributed by atoms with Crippen LogP contribution >= 0.6 is 24.0 Å². The van der Waals surface area contributed by atoms with Crippen molar-refractivity contribution in [1.82, 2.24) is 14.8 Å². The first-order valence-corrected chi connectivity index (χ1v) is 13.6. The maximum Gasteiger partial charge on any atom is 0.573 e. The van der Waals surface area contributed by atoms with E-state index in [1.165, 1.54) is 40.2 Å². The number of halogens is 3. The Labute approximate surface area is 238 Å². The monoisotopic (exact) mass is 577 g/mol. The van der Waals surface area contributed by atoms with Gasteiger partial charge in [-0.25, -0.2) is 9.67 Å². The fourth-order valence-corrected chi connectivity index (χ4v) is 4.84. The standard InChI is InChI=1S/C29H22F3N5OS2/c1-40-26-9-5-3-7-24(26)23-6-2-4-8-25(23)35-28(39)34-20-12-10-19(11-13-20)27-33-18-37(36-27)21-14-16-22(17-15-21)38-29(30,31)32/h2-18H,1H3,(H2,34,35,39). The van der Waals surface area contributed by atoms with E-state index in [0.29, 0.717) is 16.6 Å². The minimum absolute atomic E-state index is 0.305. The number of ether oxygens (including phenoxy) is 1. The van der Waals surface area contributed by atoms with Crippen LogP contribution in [0.25, 0.3) is 28.2 Å². The van der Waals surface area contributed by atoms with Crippen molar-refractivity contribution in [3.05, 3.63) is 103 Å². The summed E-state index contributed by atoms with van der Waals surface area (Å²) in [4.78, 5) is 5.50. The van der Waals surface area contributed by atoms with E-state index >= 15 is 0 Å². The van der Waals surface area contributed by atoms with Gasteiger partial charge in [0.2, 0.25) is 0 Å². The second-order valence-corrected chi connectivity index (χ2v) is 9.71. The second kappa shape index (κ2) is 11.8. The van der Waals surface area contributed by atoms with Crippen LogP contribution in [0.2, 0.25) is 0 Å². The highest BCUT2D eigenvalue weighted by Crippen LogP contribution is 2.35. The third kappa shape index (κ3) is 6.61. The Hall–Kier alpha value is -4.35. The van der Waals surface area contributed by atoms with E-state index in [0.717, 1.165) is 28.1 Å². The zero-order valence-electron chi connectivity index (χ0n) is 21.0. The molecular formula is C29H22F3N5OS2. The predicted molar refractivity (Wildman–Crippen MR) is 157 cm³/mol. The summed E-state index contributed by atoms with van der Waals surface area (Å²) in [5.41, 5.74) is 5.16. The molecular weight excluding hydrogens is 555 g/mol. The number of benzene rings is 4. The van der Waals surface area contributed by atoms with Crippen LogP contribution in [-0.4, -0.2) is 32.5 Å². The lowest BCUT2D eigenvalue weighted by atomic mass is 10.0. The summed E-state index contributed by atoms with van der Waals surface area (Å²) < 4.78 is 42.6. The van der Waals surface area contributed by atoms with Gasteiger partial charge in [-0.3, -0.25) is 0 Å². The highest BCUT2D eigenvalue weighted by Gasteiger charge is 2.31. The molecule has 0 aliphatic heterocycles.